The third kappa shape index (κ3) is 4.21. The minimum absolute atomic E-state index is 0.0887. The van der Waals surface area contributed by atoms with Crippen molar-refractivity contribution < 1.29 is 14.1 Å². The third-order valence-corrected chi connectivity index (χ3v) is 6.07. The molecule has 1 saturated heterocycles. The van der Waals surface area contributed by atoms with Crippen LogP contribution >= 0.6 is 23.4 Å². The Morgan fingerprint density at radius 2 is 2.00 bits per heavy atom. The van der Waals surface area contributed by atoms with Crippen LogP contribution in [0.5, 0.6) is 0 Å². The van der Waals surface area contributed by atoms with E-state index in [0.717, 1.165) is 31.3 Å². The molecule has 150 valence electrons. The van der Waals surface area contributed by atoms with E-state index < -0.39 is 4.92 Å². The molecule has 2 aliphatic heterocycles. The van der Waals surface area contributed by atoms with Crippen molar-refractivity contribution in [2.24, 2.45) is 4.99 Å². The number of nitro groups is 1. The summed E-state index contributed by atoms with van der Waals surface area (Å²) in [5.74, 6) is 0.669. The number of furan rings is 1. The van der Waals surface area contributed by atoms with E-state index in [-0.39, 0.29) is 16.6 Å². The summed E-state index contributed by atoms with van der Waals surface area (Å²) in [6.07, 6.45) is 1.66. The molecule has 1 fully saturated rings. The van der Waals surface area contributed by atoms with E-state index >= 15 is 0 Å². The van der Waals surface area contributed by atoms with Crippen molar-refractivity contribution in [3.05, 3.63) is 56.1 Å². The second-order valence-electron chi connectivity index (χ2n) is 6.72. The van der Waals surface area contributed by atoms with Crippen LogP contribution in [0.15, 0.2) is 44.6 Å². The number of amidine groups is 1. The molecule has 1 amide bonds. The zero-order valence-electron chi connectivity index (χ0n) is 15.5. The fraction of sp³-hybridized carbons (Fsp3) is 0.263. The number of nitrogens with zero attached hydrogens (tertiary/aromatic N) is 4. The van der Waals surface area contributed by atoms with Crippen LogP contribution in [0.25, 0.3) is 17.4 Å². The summed E-state index contributed by atoms with van der Waals surface area (Å²) in [5, 5.41) is 11.8. The van der Waals surface area contributed by atoms with Crippen molar-refractivity contribution in [2.75, 3.05) is 33.2 Å². The summed E-state index contributed by atoms with van der Waals surface area (Å²) in [6.45, 7) is 3.55. The van der Waals surface area contributed by atoms with Gasteiger partial charge >= 0.3 is 0 Å². The summed E-state index contributed by atoms with van der Waals surface area (Å²) >= 11 is 7.50. The molecule has 1 aromatic heterocycles. The molecule has 0 bridgehead atoms. The number of amides is 1. The lowest BCUT2D eigenvalue weighted by Gasteiger charge is -2.32. The van der Waals surface area contributed by atoms with E-state index in [1.165, 1.54) is 23.9 Å². The number of rotatable bonds is 3. The second-order valence-corrected chi connectivity index (χ2v) is 8.14. The predicted molar refractivity (Wildman–Crippen MR) is 113 cm³/mol. The molecule has 2 aliphatic rings. The Bertz CT molecular complexity index is 1040. The number of hydrogen-bond donors (Lipinski definition) is 0. The highest BCUT2D eigenvalue weighted by atomic mass is 35.5. The highest BCUT2D eigenvalue weighted by Crippen LogP contribution is 2.35. The minimum Gasteiger partial charge on any atom is -0.457 e. The molecule has 29 heavy (non-hydrogen) atoms. The lowest BCUT2D eigenvalue weighted by molar-refractivity contribution is -0.384. The van der Waals surface area contributed by atoms with Gasteiger partial charge in [0.05, 0.1) is 14.9 Å². The number of carbonyl (C=O) groups is 1. The Morgan fingerprint density at radius 1 is 1.24 bits per heavy atom. The van der Waals surface area contributed by atoms with Gasteiger partial charge in [0.15, 0.2) is 5.17 Å². The van der Waals surface area contributed by atoms with E-state index in [1.54, 1.807) is 24.3 Å². The Kier molecular flexibility index (Phi) is 5.44. The molecule has 2 aromatic rings. The SMILES string of the molecule is CN1CCN(C2=NC(=O)C(=Cc3ccc(-c4ccc([N+](=O)[O-])cc4Cl)o3)S2)CC1. The molecule has 3 heterocycles. The lowest BCUT2D eigenvalue weighted by Crippen LogP contribution is -2.46. The Labute approximate surface area is 176 Å². The molecule has 0 spiro atoms. The number of thioether (sulfide) groups is 1. The van der Waals surface area contributed by atoms with Crippen LogP contribution in [-0.2, 0) is 4.79 Å². The minimum atomic E-state index is -0.505. The van der Waals surface area contributed by atoms with Gasteiger partial charge in [0.25, 0.3) is 11.6 Å². The standard InChI is InChI=1S/C19H17ClN4O4S/c1-22-6-8-23(9-7-22)19-21-18(25)17(29-19)11-13-3-5-16(28-13)14-4-2-12(24(26)27)10-15(14)20/h2-5,10-11H,6-9H2,1H3. The third-order valence-electron chi connectivity index (χ3n) is 4.71. The van der Waals surface area contributed by atoms with Crippen LogP contribution in [0, 0.1) is 10.1 Å². The van der Waals surface area contributed by atoms with Gasteiger partial charge in [0.1, 0.15) is 11.5 Å². The van der Waals surface area contributed by atoms with Crippen LogP contribution < -0.4 is 0 Å². The van der Waals surface area contributed by atoms with Crippen molar-refractivity contribution in [3.63, 3.8) is 0 Å². The summed E-state index contributed by atoms with van der Waals surface area (Å²) in [4.78, 5) is 31.7. The summed E-state index contributed by atoms with van der Waals surface area (Å²) in [7, 11) is 2.07. The number of benzene rings is 1. The monoisotopic (exact) mass is 432 g/mol. The number of carbonyl (C=O) groups excluding carboxylic acids is 1. The first-order valence-electron chi connectivity index (χ1n) is 8.91. The molecule has 8 nitrogen and oxygen atoms in total. The first kappa shape index (κ1) is 19.7. The molecule has 10 heteroatoms. The highest BCUT2D eigenvalue weighted by molar-refractivity contribution is 8.18. The first-order chi connectivity index (χ1) is 13.9. The molecule has 1 aromatic carbocycles. The average molecular weight is 433 g/mol. The molecule has 0 atom stereocenters. The lowest BCUT2D eigenvalue weighted by atomic mass is 10.1. The number of non-ortho nitro benzene ring substituents is 1. The number of aliphatic imine (C=N–C) groups is 1. The summed E-state index contributed by atoms with van der Waals surface area (Å²) in [6, 6.07) is 7.63. The van der Waals surface area contributed by atoms with Crippen molar-refractivity contribution in [3.8, 4) is 11.3 Å². The van der Waals surface area contributed by atoms with E-state index in [9.17, 15) is 14.9 Å². The van der Waals surface area contributed by atoms with Crippen LogP contribution in [0.1, 0.15) is 5.76 Å². The number of likely N-dealkylation sites (N-methyl/N-ethyl adjacent to an activating group) is 1. The van der Waals surface area contributed by atoms with Crippen LogP contribution in [-0.4, -0.2) is 59.0 Å². The molecule has 0 saturated carbocycles. The van der Waals surface area contributed by atoms with E-state index in [0.29, 0.717) is 22.0 Å². The maximum Gasteiger partial charge on any atom is 0.286 e. The van der Waals surface area contributed by atoms with Crippen LogP contribution in [0.3, 0.4) is 0 Å². The van der Waals surface area contributed by atoms with E-state index in [1.807, 2.05) is 0 Å². The van der Waals surface area contributed by atoms with Gasteiger partial charge in [-0.05, 0) is 37.0 Å². The maximum absolute atomic E-state index is 12.3. The molecule has 4 rings (SSSR count). The predicted octanol–water partition coefficient (Wildman–Crippen LogP) is 3.73. The molecule has 0 radical (unpaired) electrons. The highest BCUT2D eigenvalue weighted by Gasteiger charge is 2.28. The summed E-state index contributed by atoms with van der Waals surface area (Å²) < 4.78 is 5.79. The van der Waals surface area contributed by atoms with Gasteiger partial charge in [-0.2, -0.15) is 4.99 Å². The van der Waals surface area contributed by atoms with Gasteiger partial charge in [-0.1, -0.05) is 11.6 Å². The van der Waals surface area contributed by atoms with Gasteiger partial charge in [-0.15, -0.1) is 0 Å². The van der Waals surface area contributed by atoms with Crippen LogP contribution in [0.4, 0.5) is 5.69 Å². The van der Waals surface area contributed by atoms with Crippen molar-refractivity contribution in [2.45, 2.75) is 0 Å². The zero-order valence-corrected chi connectivity index (χ0v) is 17.1. The fourth-order valence-corrected chi connectivity index (χ4v) is 4.27. The quantitative estimate of drug-likeness (QED) is 0.414. The van der Waals surface area contributed by atoms with Gasteiger partial charge in [-0.25, -0.2) is 0 Å². The number of nitro benzene ring substituents is 1. The number of hydrogen-bond acceptors (Lipinski definition) is 7. The Hall–Kier alpha value is -2.62. The number of piperazine rings is 1. The van der Waals surface area contributed by atoms with Gasteiger partial charge < -0.3 is 14.2 Å². The van der Waals surface area contributed by atoms with Gasteiger partial charge in [0.2, 0.25) is 0 Å². The largest absolute Gasteiger partial charge is 0.457 e. The fourth-order valence-electron chi connectivity index (χ4n) is 3.05. The topological polar surface area (TPSA) is 92.2 Å². The smallest absolute Gasteiger partial charge is 0.286 e. The zero-order chi connectivity index (χ0) is 20.5. The molecule has 0 N–H and O–H groups in total. The molecule has 0 unspecified atom stereocenters. The van der Waals surface area contributed by atoms with Crippen molar-refractivity contribution in [1.82, 2.24) is 9.80 Å². The number of halogens is 1. The van der Waals surface area contributed by atoms with E-state index in [4.69, 9.17) is 16.0 Å². The van der Waals surface area contributed by atoms with Crippen molar-refractivity contribution >= 4 is 46.2 Å². The normalized spacial score (nSPS) is 19.1. The van der Waals surface area contributed by atoms with Gasteiger partial charge in [0, 0.05) is 50.0 Å². The summed E-state index contributed by atoms with van der Waals surface area (Å²) in [5.41, 5.74) is 0.455. The Balaban J connectivity index is 1.50. The second kappa shape index (κ2) is 8.02. The maximum atomic E-state index is 12.3. The van der Waals surface area contributed by atoms with Gasteiger partial charge in [-0.3, -0.25) is 14.9 Å². The van der Waals surface area contributed by atoms with E-state index in [2.05, 4.69) is 21.8 Å². The Morgan fingerprint density at radius 3 is 2.69 bits per heavy atom. The van der Waals surface area contributed by atoms with Crippen molar-refractivity contribution in [1.29, 1.82) is 0 Å². The molecular formula is C19H17ClN4O4S. The first-order valence-corrected chi connectivity index (χ1v) is 10.1. The molecular weight excluding hydrogens is 416 g/mol. The average Bonchev–Trinajstić information content (AvgIpc) is 3.29. The molecule has 0 aliphatic carbocycles. The van der Waals surface area contributed by atoms with Crippen LogP contribution in [0.2, 0.25) is 5.02 Å².